The zero-order valence-electron chi connectivity index (χ0n) is 9.22. The van der Waals surface area contributed by atoms with Gasteiger partial charge in [0.1, 0.15) is 25.3 Å². The highest BCUT2D eigenvalue weighted by atomic mass is 15.0. The molecular weight excluding hydrogens is 228 g/mol. The van der Waals surface area contributed by atoms with E-state index in [1.54, 1.807) is 6.07 Å². The molecule has 6 nitrogen and oxygen atoms in total. The Bertz CT molecular complexity index is 582. The van der Waals surface area contributed by atoms with E-state index in [4.69, 9.17) is 0 Å². The molecule has 2 aromatic heterocycles. The van der Waals surface area contributed by atoms with Crippen molar-refractivity contribution in [1.29, 1.82) is 0 Å². The zero-order valence-corrected chi connectivity index (χ0v) is 9.22. The standard InChI is InChI=1S/C12H7N6/c1-2-4-10(12-17-7-14-8-18-12)9(3-1)11-15-5-13-6-16-11/h1-3,5-8H. The average Bonchev–Trinajstić information content (AvgIpc) is 2.49. The van der Waals surface area contributed by atoms with E-state index in [-0.39, 0.29) is 0 Å². The van der Waals surface area contributed by atoms with Crippen LogP contribution in [0.4, 0.5) is 0 Å². The van der Waals surface area contributed by atoms with E-state index in [2.05, 4.69) is 36.0 Å². The van der Waals surface area contributed by atoms with Crippen LogP contribution < -0.4 is 0 Å². The molecule has 0 aliphatic rings. The predicted molar refractivity (Wildman–Crippen MR) is 62.9 cm³/mol. The van der Waals surface area contributed by atoms with Crippen LogP contribution in [0.25, 0.3) is 22.8 Å². The molecule has 1 aromatic carbocycles. The first-order valence-corrected chi connectivity index (χ1v) is 5.20. The maximum absolute atomic E-state index is 4.12. The van der Waals surface area contributed by atoms with E-state index in [1.165, 1.54) is 25.3 Å². The molecule has 0 spiro atoms. The number of nitrogens with zero attached hydrogens (tertiary/aromatic N) is 6. The molecule has 0 atom stereocenters. The third-order valence-electron chi connectivity index (χ3n) is 2.31. The van der Waals surface area contributed by atoms with Crippen LogP contribution in [-0.2, 0) is 0 Å². The Morgan fingerprint density at radius 2 is 1.39 bits per heavy atom. The van der Waals surface area contributed by atoms with E-state index in [9.17, 15) is 0 Å². The summed E-state index contributed by atoms with van der Waals surface area (Å²) in [6.45, 7) is 0. The van der Waals surface area contributed by atoms with Crippen molar-refractivity contribution in [2.24, 2.45) is 0 Å². The second-order valence-electron chi connectivity index (χ2n) is 3.38. The summed E-state index contributed by atoms with van der Waals surface area (Å²) in [7, 11) is 0. The number of benzene rings is 1. The molecule has 0 bridgehead atoms. The highest BCUT2D eigenvalue weighted by Gasteiger charge is 2.10. The minimum absolute atomic E-state index is 0.543. The average molecular weight is 235 g/mol. The maximum atomic E-state index is 4.12. The molecule has 1 radical (unpaired) electrons. The second-order valence-corrected chi connectivity index (χ2v) is 3.38. The third kappa shape index (κ3) is 1.91. The highest BCUT2D eigenvalue weighted by Crippen LogP contribution is 2.25. The molecule has 6 heteroatoms. The van der Waals surface area contributed by atoms with Gasteiger partial charge in [-0.25, -0.2) is 29.9 Å². The molecule has 0 N–H and O–H groups in total. The lowest BCUT2D eigenvalue weighted by Gasteiger charge is -2.05. The normalized spacial score (nSPS) is 10.2. The molecule has 2 heterocycles. The summed E-state index contributed by atoms with van der Waals surface area (Å²) in [6, 6.07) is 8.65. The molecule has 0 aliphatic carbocycles. The number of hydrogen-bond acceptors (Lipinski definition) is 6. The van der Waals surface area contributed by atoms with Gasteiger partial charge in [-0.1, -0.05) is 18.2 Å². The van der Waals surface area contributed by atoms with Crippen LogP contribution >= 0.6 is 0 Å². The van der Waals surface area contributed by atoms with Gasteiger partial charge in [-0.15, -0.1) is 0 Å². The third-order valence-corrected chi connectivity index (χ3v) is 2.31. The lowest BCUT2D eigenvalue weighted by molar-refractivity contribution is 1.04. The van der Waals surface area contributed by atoms with Crippen molar-refractivity contribution in [2.45, 2.75) is 0 Å². The zero-order chi connectivity index (χ0) is 12.2. The van der Waals surface area contributed by atoms with Crippen LogP contribution in [0.2, 0.25) is 0 Å². The summed E-state index contributed by atoms with van der Waals surface area (Å²) in [5.41, 5.74) is 1.55. The van der Waals surface area contributed by atoms with Crippen molar-refractivity contribution in [3.8, 4) is 22.8 Å². The van der Waals surface area contributed by atoms with Crippen LogP contribution in [0.1, 0.15) is 0 Å². The monoisotopic (exact) mass is 235 g/mol. The first kappa shape index (κ1) is 10.4. The maximum Gasteiger partial charge on any atom is 0.164 e. The van der Waals surface area contributed by atoms with Gasteiger partial charge in [-0.3, -0.25) is 0 Å². The van der Waals surface area contributed by atoms with Crippen molar-refractivity contribution in [2.75, 3.05) is 0 Å². The Kier molecular flexibility index (Phi) is 2.67. The Labute approximate surface area is 103 Å². The van der Waals surface area contributed by atoms with Crippen LogP contribution in [0.3, 0.4) is 0 Å². The number of rotatable bonds is 2. The molecule has 0 amide bonds. The molecule has 0 saturated carbocycles. The molecule has 85 valence electrons. The molecule has 18 heavy (non-hydrogen) atoms. The van der Waals surface area contributed by atoms with Crippen LogP contribution in [0, 0.1) is 6.07 Å². The molecule has 3 rings (SSSR count). The van der Waals surface area contributed by atoms with E-state index in [0.29, 0.717) is 11.6 Å². The van der Waals surface area contributed by atoms with Crippen molar-refractivity contribution in [3.63, 3.8) is 0 Å². The van der Waals surface area contributed by atoms with E-state index >= 15 is 0 Å². The van der Waals surface area contributed by atoms with Gasteiger partial charge in [-0.05, 0) is 6.07 Å². The topological polar surface area (TPSA) is 77.3 Å². The predicted octanol–water partition coefficient (Wildman–Crippen LogP) is 1.19. The van der Waals surface area contributed by atoms with Crippen molar-refractivity contribution in [3.05, 3.63) is 49.6 Å². The summed E-state index contributed by atoms with van der Waals surface area (Å²) in [5.74, 6) is 1.11. The van der Waals surface area contributed by atoms with E-state index < -0.39 is 0 Å². The summed E-state index contributed by atoms with van der Waals surface area (Å²) >= 11 is 0. The van der Waals surface area contributed by atoms with Gasteiger partial charge in [-0.2, -0.15) is 0 Å². The highest BCUT2D eigenvalue weighted by molar-refractivity contribution is 5.75. The molecule has 3 aromatic rings. The summed E-state index contributed by atoms with van der Waals surface area (Å²) < 4.78 is 0. The van der Waals surface area contributed by atoms with Crippen LogP contribution in [0.5, 0.6) is 0 Å². The lowest BCUT2D eigenvalue weighted by atomic mass is 10.1. The Balaban J connectivity index is 2.18. The van der Waals surface area contributed by atoms with Gasteiger partial charge in [0.15, 0.2) is 11.6 Å². The molecule has 0 fully saturated rings. The molecule has 0 saturated heterocycles. The molecular formula is C12H7N6. The summed E-state index contributed by atoms with van der Waals surface area (Å²) in [4.78, 5) is 24.1. The van der Waals surface area contributed by atoms with E-state index in [1.807, 2.05) is 12.1 Å². The number of aromatic nitrogens is 6. The van der Waals surface area contributed by atoms with Gasteiger partial charge in [0.2, 0.25) is 0 Å². The van der Waals surface area contributed by atoms with Gasteiger partial charge in [0, 0.05) is 11.1 Å². The van der Waals surface area contributed by atoms with Crippen LogP contribution in [0.15, 0.2) is 43.5 Å². The molecule has 0 aliphatic heterocycles. The smallest absolute Gasteiger partial charge is 0.164 e. The largest absolute Gasteiger partial charge is 0.225 e. The fraction of sp³-hybridized carbons (Fsp3) is 0. The van der Waals surface area contributed by atoms with Crippen molar-refractivity contribution < 1.29 is 0 Å². The van der Waals surface area contributed by atoms with E-state index in [0.717, 1.165) is 11.1 Å². The van der Waals surface area contributed by atoms with Gasteiger partial charge < -0.3 is 0 Å². The van der Waals surface area contributed by atoms with Gasteiger partial charge >= 0.3 is 0 Å². The first-order valence-electron chi connectivity index (χ1n) is 5.20. The Morgan fingerprint density at radius 3 is 2.06 bits per heavy atom. The Morgan fingerprint density at radius 1 is 0.778 bits per heavy atom. The minimum atomic E-state index is 0.543. The fourth-order valence-corrected chi connectivity index (χ4v) is 1.55. The lowest BCUT2D eigenvalue weighted by Crippen LogP contribution is -1.95. The summed E-state index contributed by atoms with van der Waals surface area (Å²) in [6.07, 6.45) is 5.79. The number of hydrogen-bond donors (Lipinski definition) is 0. The van der Waals surface area contributed by atoms with Crippen molar-refractivity contribution >= 4 is 0 Å². The Hall–Kier alpha value is -2.76. The van der Waals surface area contributed by atoms with Crippen molar-refractivity contribution in [1.82, 2.24) is 29.9 Å². The minimum Gasteiger partial charge on any atom is -0.225 e. The SMILES string of the molecule is [c]1cccc(-c2ncncn2)c1-c1ncncn1. The second kappa shape index (κ2) is 4.62. The van der Waals surface area contributed by atoms with Crippen LogP contribution in [-0.4, -0.2) is 29.9 Å². The first-order chi connectivity index (χ1) is 8.95. The summed E-state index contributed by atoms with van der Waals surface area (Å²) in [5, 5.41) is 0. The quantitative estimate of drug-likeness (QED) is 0.664. The van der Waals surface area contributed by atoms with Gasteiger partial charge in [0.25, 0.3) is 0 Å². The molecule has 0 unspecified atom stereocenters. The van der Waals surface area contributed by atoms with Gasteiger partial charge in [0.05, 0.1) is 0 Å². The fourth-order valence-electron chi connectivity index (χ4n) is 1.55.